The highest BCUT2D eigenvalue weighted by molar-refractivity contribution is 4.86. The molecule has 0 bridgehead atoms. The van der Waals surface area contributed by atoms with Crippen molar-refractivity contribution in [2.24, 2.45) is 0 Å². The van der Waals surface area contributed by atoms with Crippen LogP contribution in [0.2, 0.25) is 0 Å². The van der Waals surface area contributed by atoms with Gasteiger partial charge in [-0.1, -0.05) is 0 Å². The van der Waals surface area contributed by atoms with Gasteiger partial charge in [-0.15, -0.1) is 0 Å². The standard InChI is InChI=1S/C13H27N3O/c1-12(11-17-2)14-5-7-15-8-9-16-6-3-4-13(16)10-15/h12-14H,3-11H2,1-2H3. The van der Waals surface area contributed by atoms with Crippen LogP contribution in [0.5, 0.6) is 0 Å². The van der Waals surface area contributed by atoms with E-state index in [1.54, 1.807) is 7.11 Å². The SMILES string of the molecule is COCC(C)NCCN1CCN2CCCC2C1. The zero-order valence-corrected chi connectivity index (χ0v) is 11.3. The van der Waals surface area contributed by atoms with Crippen LogP contribution < -0.4 is 5.32 Å². The van der Waals surface area contributed by atoms with Crippen LogP contribution in [0.15, 0.2) is 0 Å². The fraction of sp³-hybridized carbons (Fsp3) is 1.00. The average molecular weight is 241 g/mol. The third-order valence-electron chi connectivity index (χ3n) is 4.01. The van der Waals surface area contributed by atoms with Crippen molar-refractivity contribution in [2.45, 2.75) is 31.8 Å². The van der Waals surface area contributed by atoms with E-state index in [2.05, 4.69) is 22.0 Å². The lowest BCUT2D eigenvalue weighted by molar-refractivity contribution is 0.103. The summed E-state index contributed by atoms with van der Waals surface area (Å²) in [6.07, 6.45) is 2.81. The maximum Gasteiger partial charge on any atom is 0.0613 e. The first-order valence-corrected chi connectivity index (χ1v) is 6.98. The van der Waals surface area contributed by atoms with E-state index < -0.39 is 0 Å². The van der Waals surface area contributed by atoms with Gasteiger partial charge in [0, 0.05) is 51.9 Å². The summed E-state index contributed by atoms with van der Waals surface area (Å²) in [6.45, 7) is 10.4. The van der Waals surface area contributed by atoms with Crippen molar-refractivity contribution in [3.05, 3.63) is 0 Å². The Morgan fingerprint density at radius 2 is 2.24 bits per heavy atom. The van der Waals surface area contributed by atoms with Crippen molar-refractivity contribution in [3.8, 4) is 0 Å². The van der Waals surface area contributed by atoms with E-state index in [-0.39, 0.29) is 0 Å². The first kappa shape index (κ1) is 13.3. The Balaban J connectivity index is 1.60. The molecule has 2 fully saturated rings. The summed E-state index contributed by atoms with van der Waals surface area (Å²) in [4.78, 5) is 5.27. The van der Waals surface area contributed by atoms with Crippen molar-refractivity contribution < 1.29 is 4.74 Å². The van der Waals surface area contributed by atoms with E-state index in [4.69, 9.17) is 4.74 Å². The topological polar surface area (TPSA) is 27.7 Å². The summed E-state index contributed by atoms with van der Waals surface area (Å²) in [5, 5.41) is 3.51. The van der Waals surface area contributed by atoms with E-state index in [0.29, 0.717) is 6.04 Å². The highest BCUT2D eigenvalue weighted by Gasteiger charge is 2.29. The normalized spacial score (nSPS) is 28.2. The van der Waals surface area contributed by atoms with Gasteiger partial charge in [0.15, 0.2) is 0 Å². The predicted octanol–water partition coefficient (Wildman–Crippen LogP) is 0.391. The summed E-state index contributed by atoms with van der Waals surface area (Å²) < 4.78 is 5.12. The molecule has 0 spiro atoms. The second kappa shape index (κ2) is 6.69. The van der Waals surface area contributed by atoms with Gasteiger partial charge in [0.05, 0.1) is 6.61 Å². The van der Waals surface area contributed by atoms with Crippen LogP contribution in [-0.2, 0) is 4.74 Å². The van der Waals surface area contributed by atoms with Gasteiger partial charge in [0.1, 0.15) is 0 Å². The van der Waals surface area contributed by atoms with Gasteiger partial charge < -0.3 is 10.1 Å². The molecule has 0 saturated carbocycles. The molecule has 2 rings (SSSR count). The molecule has 2 aliphatic heterocycles. The summed E-state index contributed by atoms with van der Waals surface area (Å²) in [5.41, 5.74) is 0. The Morgan fingerprint density at radius 3 is 3.06 bits per heavy atom. The van der Waals surface area contributed by atoms with Gasteiger partial charge in [0.2, 0.25) is 0 Å². The number of methoxy groups -OCH3 is 1. The van der Waals surface area contributed by atoms with Gasteiger partial charge >= 0.3 is 0 Å². The number of nitrogens with one attached hydrogen (secondary N) is 1. The largest absolute Gasteiger partial charge is 0.383 e. The number of hydrogen-bond acceptors (Lipinski definition) is 4. The second-order valence-electron chi connectivity index (χ2n) is 5.44. The molecule has 4 heteroatoms. The maximum atomic E-state index is 5.12. The van der Waals surface area contributed by atoms with E-state index in [1.807, 2.05) is 0 Å². The fourth-order valence-electron chi connectivity index (χ4n) is 3.04. The van der Waals surface area contributed by atoms with Gasteiger partial charge in [-0.2, -0.15) is 0 Å². The van der Waals surface area contributed by atoms with Gasteiger partial charge in [-0.05, 0) is 26.3 Å². The third-order valence-corrected chi connectivity index (χ3v) is 4.01. The molecule has 2 atom stereocenters. The molecule has 0 aromatic carbocycles. The quantitative estimate of drug-likeness (QED) is 0.728. The van der Waals surface area contributed by atoms with E-state index in [9.17, 15) is 0 Å². The molecule has 0 aromatic rings. The molecule has 2 aliphatic rings. The summed E-state index contributed by atoms with van der Waals surface area (Å²) >= 11 is 0. The minimum Gasteiger partial charge on any atom is -0.383 e. The summed E-state index contributed by atoms with van der Waals surface area (Å²) in [7, 11) is 1.76. The van der Waals surface area contributed by atoms with Gasteiger partial charge in [-0.25, -0.2) is 0 Å². The zero-order chi connectivity index (χ0) is 12.1. The summed E-state index contributed by atoms with van der Waals surface area (Å²) in [6, 6.07) is 1.31. The van der Waals surface area contributed by atoms with Crippen molar-refractivity contribution in [3.63, 3.8) is 0 Å². The molecule has 0 radical (unpaired) electrons. The zero-order valence-electron chi connectivity index (χ0n) is 11.3. The number of hydrogen-bond donors (Lipinski definition) is 1. The number of nitrogens with zero attached hydrogens (tertiary/aromatic N) is 2. The Hall–Kier alpha value is -0.160. The van der Waals surface area contributed by atoms with Gasteiger partial charge in [0.25, 0.3) is 0 Å². The maximum absolute atomic E-state index is 5.12. The van der Waals surface area contributed by atoms with Crippen LogP contribution in [0.4, 0.5) is 0 Å². The number of piperazine rings is 1. The lowest BCUT2D eigenvalue weighted by atomic mass is 10.1. The van der Waals surface area contributed by atoms with Gasteiger partial charge in [-0.3, -0.25) is 9.80 Å². The van der Waals surface area contributed by atoms with Crippen molar-refractivity contribution >= 4 is 0 Å². The van der Waals surface area contributed by atoms with Crippen LogP contribution in [0, 0.1) is 0 Å². The lowest BCUT2D eigenvalue weighted by Crippen LogP contribution is -2.51. The Morgan fingerprint density at radius 1 is 1.35 bits per heavy atom. The summed E-state index contributed by atoms with van der Waals surface area (Å²) in [5.74, 6) is 0. The smallest absolute Gasteiger partial charge is 0.0613 e. The fourth-order valence-corrected chi connectivity index (χ4v) is 3.04. The average Bonchev–Trinajstić information content (AvgIpc) is 2.76. The molecule has 0 aromatic heterocycles. The molecule has 100 valence electrons. The van der Waals surface area contributed by atoms with Crippen LogP contribution in [0.25, 0.3) is 0 Å². The first-order chi connectivity index (χ1) is 8.29. The molecular formula is C13H27N3O. The number of rotatable bonds is 6. The Labute approximate surface area is 105 Å². The molecule has 1 N–H and O–H groups in total. The Kier molecular flexibility index (Phi) is 5.22. The molecule has 17 heavy (non-hydrogen) atoms. The first-order valence-electron chi connectivity index (χ1n) is 6.98. The molecule has 2 saturated heterocycles. The molecular weight excluding hydrogens is 214 g/mol. The van der Waals surface area contributed by atoms with Crippen LogP contribution in [0.1, 0.15) is 19.8 Å². The number of fused-ring (bicyclic) bond motifs is 1. The molecule has 0 amide bonds. The van der Waals surface area contributed by atoms with E-state index in [0.717, 1.165) is 19.2 Å². The van der Waals surface area contributed by atoms with E-state index in [1.165, 1.54) is 45.6 Å². The monoisotopic (exact) mass is 241 g/mol. The lowest BCUT2D eigenvalue weighted by Gasteiger charge is -2.37. The molecule has 2 heterocycles. The highest BCUT2D eigenvalue weighted by Crippen LogP contribution is 2.20. The highest BCUT2D eigenvalue weighted by atomic mass is 16.5. The minimum atomic E-state index is 0.466. The van der Waals surface area contributed by atoms with Crippen LogP contribution in [0.3, 0.4) is 0 Å². The van der Waals surface area contributed by atoms with Crippen molar-refractivity contribution in [1.29, 1.82) is 0 Å². The van der Waals surface area contributed by atoms with Crippen LogP contribution in [-0.4, -0.2) is 74.9 Å². The van der Waals surface area contributed by atoms with E-state index >= 15 is 0 Å². The van der Waals surface area contributed by atoms with Crippen molar-refractivity contribution in [1.82, 2.24) is 15.1 Å². The third kappa shape index (κ3) is 3.91. The molecule has 4 nitrogen and oxygen atoms in total. The molecule has 2 unspecified atom stereocenters. The predicted molar refractivity (Wildman–Crippen MR) is 70.4 cm³/mol. The minimum absolute atomic E-state index is 0.466. The number of ether oxygens (including phenoxy) is 1. The van der Waals surface area contributed by atoms with Crippen LogP contribution >= 0.6 is 0 Å². The second-order valence-corrected chi connectivity index (χ2v) is 5.44. The molecule has 0 aliphatic carbocycles. The van der Waals surface area contributed by atoms with Crippen molar-refractivity contribution in [2.75, 3.05) is 53.0 Å². The Bertz CT molecular complexity index is 225.